The largest absolute Gasteiger partial charge is 0.496 e. The molecule has 6 aliphatic rings. The van der Waals surface area contributed by atoms with Gasteiger partial charge >= 0.3 is 17.9 Å². The van der Waals surface area contributed by atoms with Gasteiger partial charge in [0.2, 0.25) is 5.60 Å². The zero-order valence-electron chi connectivity index (χ0n) is 34.9. The minimum atomic E-state index is -2.30. The second-order valence-electron chi connectivity index (χ2n) is 17.5. The maximum absolute atomic E-state index is 15.2. The summed E-state index contributed by atoms with van der Waals surface area (Å²) in [5, 5.41) is 24.2. The molecular formula is C46H53N5O8. The standard InChI is InChI=1S/C46H53N5O8/c1-8-27-17-29-21-45(41(53)57-6,37-31(25-50(23-27)24-29)30-18-28(22-47)11-12-34(30)48-37)33-19-32-35(20-36(33)56-5)49(4)39-44(32)14-16-51-15-10-13-43(9-2,38(44)51)40(59-26(3)52)46(39,55)42(54)58-7/h10-13,17-20,29,38-40,48,55H,8-9,14-16,21,23-25H2,1-7H3/t29-,38+,39-,40-,43-,44-,45+,46+/m1/s1. The van der Waals surface area contributed by atoms with Gasteiger partial charge in [-0.25, -0.2) is 4.79 Å². The number of hydrogen-bond donors (Lipinski definition) is 2. The molecule has 2 fully saturated rings. The van der Waals surface area contributed by atoms with Crippen LogP contribution in [0.4, 0.5) is 5.69 Å². The van der Waals surface area contributed by atoms with E-state index < -0.39 is 51.9 Å². The van der Waals surface area contributed by atoms with E-state index in [4.69, 9.17) is 18.9 Å². The number of esters is 3. The van der Waals surface area contributed by atoms with E-state index in [-0.39, 0.29) is 12.0 Å². The Morgan fingerprint density at radius 3 is 2.49 bits per heavy atom. The third kappa shape index (κ3) is 5.03. The number of methoxy groups -OCH3 is 3. The number of aromatic amines is 1. The van der Waals surface area contributed by atoms with Crippen LogP contribution in [-0.2, 0) is 46.0 Å². The number of likely N-dealkylation sites (N-methyl/N-ethyl adjacent to an activating group) is 1. The molecule has 1 saturated carbocycles. The average Bonchev–Trinajstić information content (AvgIpc) is 3.89. The van der Waals surface area contributed by atoms with Gasteiger partial charge in [-0.05, 0) is 73.5 Å². The van der Waals surface area contributed by atoms with Crippen LogP contribution < -0.4 is 9.64 Å². The van der Waals surface area contributed by atoms with Crippen molar-refractivity contribution in [3.63, 3.8) is 0 Å². The van der Waals surface area contributed by atoms with Crippen LogP contribution in [0.2, 0.25) is 0 Å². The van der Waals surface area contributed by atoms with E-state index in [1.165, 1.54) is 26.7 Å². The fraction of sp³-hybridized carbons (Fsp3) is 0.522. The normalized spacial score (nSPS) is 34.0. The molecule has 0 amide bonds. The Labute approximate surface area is 344 Å². The molecule has 9 rings (SSSR count). The van der Waals surface area contributed by atoms with Crippen LogP contribution in [0.15, 0.2) is 54.1 Å². The highest BCUT2D eigenvalue weighted by Crippen LogP contribution is 2.68. The Morgan fingerprint density at radius 1 is 1.03 bits per heavy atom. The lowest BCUT2D eigenvalue weighted by Crippen LogP contribution is -2.81. The van der Waals surface area contributed by atoms with Crippen molar-refractivity contribution < 1.29 is 38.4 Å². The minimum absolute atomic E-state index is 0.0274. The lowest BCUT2D eigenvalue weighted by atomic mass is 9.47. The van der Waals surface area contributed by atoms with Crippen molar-refractivity contribution >= 4 is 34.5 Å². The Hall–Kier alpha value is -5.16. The van der Waals surface area contributed by atoms with Crippen LogP contribution >= 0.6 is 0 Å². The fourth-order valence-corrected chi connectivity index (χ4v) is 13.0. The summed E-state index contributed by atoms with van der Waals surface area (Å²) in [6.45, 7) is 8.85. The highest BCUT2D eigenvalue weighted by molar-refractivity contribution is 5.95. The molecule has 13 nitrogen and oxygen atoms in total. The Morgan fingerprint density at radius 2 is 1.81 bits per heavy atom. The summed E-state index contributed by atoms with van der Waals surface area (Å²) in [6.07, 6.45) is 7.42. The predicted octanol–water partition coefficient (Wildman–Crippen LogP) is 4.63. The highest BCUT2D eigenvalue weighted by atomic mass is 16.6. The number of H-pyrrole nitrogens is 1. The van der Waals surface area contributed by atoms with Crippen molar-refractivity contribution in [2.45, 2.75) is 87.6 Å². The van der Waals surface area contributed by atoms with Crippen LogP contribution in [0, 0.1) is 22.7 Å². The molecule has 1 unspecified atom stereocenters. The summed E-state index contributed by atoms with van der Waals surface area (Å²) in [7, 11) is 6.13. The first-order valence-corrected chi connectivity index (χ1v) is 20.7. The molecule has 3 aromatic rings. The monoisotopic (exact) mass is 803 g/mol. The Kier molecular flexibility index (Phi) is 9.12. The van der Waals surface area contributed by atoms with Gasteiger partial charge in [0, 0.05) is 90.9 Å². The molecule has 1 saturated heterocycles. The topological polar surface area (TPSA) is 158 Å². The first-order valence-electron chi connectivity index (χ1n) is 20.7. The molecule has 2 N–H and O–H groups in total. The van der Waals surface area contributed by atoms with Gasteiger partial charge in [-0.3, -0.25) is 19.4 Å². The predicted molar refractivity (Wildman–Crippen MR) is 219 cm³/mol. The van der Waals surface area contributed by atoms with Crippen molar-refractivity contribution in [2.24, 2.45) is 11.3 Å². The lowest BCUT2D eigenvalue weighted by Gasteiger charge is -2.63. The van der Waals surface area contributed by atoms with E-state index in [1.54, 1.807) is 13.2 Å². The van der Waals surface area contributed by atoms with Crippen LogP contribution in [0.25, 0.3) is 10.9 Å². The van der Waals surface area contributed by atoms with Gasteiger partial charge in [-0.2, -0.15) is 5.26 Å². The number of carbonyl (C=O) groups excluding carboxylic acids is 3. The summed E-state index contributed by atoms with van der Waals surface area (Å²) in [5.41, 5.74) is 0.835. The molecule has 1 aromatic heterocycles. The molecule has 5 aliphatic heterocycles. The van der Waals surface area contributed by atoms with Gasteiger partial charge in [0.15, 0.2) is 6.10 Å². The number of aromatic nitrogens is 1. The van der Waals surface area contributed by atoms with E-state index >= 15 is 4.79 Å². The second-order valence-corrected chi connectivity index (χ2v) is 17.5. The average molecular weight is 804 g/mol. The summed E-state index contributed by atoms with van der Waals surface area (Å²) in [4.78, 5) is 53.1. The van der Waals surface area contributed by atoms with Crippen LogP contribution in [0.5, 0.6) is 5.75 Å². The van der Waals surface area contributed by atoms with E-state index in [2.05, 4.69) is 39.9 Å². The van der Waals surface area contributed by atoms with Crippen molar-refractivity contribution in [1.29, 1.82) is 5.26 Å². The number of carbonyl (C=O) groups is 3. The van der Waals surface area contributed by atoms with Gasteiger partial charge in [0.25, 0.3) is 0 Å². The zero-order chi connectivity index (χ0) is 41.8. The summed E-state index contributed by atoms with van der Waals surface area (Å²) in [5.74, 6) is -1.51. The fourth-order valence-electron chi connectivity index (χ4n) is 13.0. The van der Waals surface area contributed by atoms with Crippen LogP contribution in [0.3, 0.4) is 0 Å². The number of ether oxygens (including phenoxy) is 4. The van der Waals surface area contributed by atoms with Crippen molar-refractivity contribution in [1.82, 2.24) is 14.8 Å². The number of nitrogens with one attached hydrogen (secondary N) is 1. The molecule has 2 bridgehead atoms. The molecular weight excluding hydrogens is 751 g/mol. The van der Waals surface area contributed by atoms with E-state index in [1.807, 2.05) is 49.2 Å². The number of anilines is 1. The zero-order valence-corrected chi connectivity index (χ0v) is 34.9. The number of nitriles is 1. The number of hydrogen-bond acceptors (Lipinski definition) is 12. The van der Waals surface area contributed by atoms with E-state index in [0.717, 1.165) is 47.2 Å². The SMILES string of the molecule is CCC1=C[C@H]2CN(C1)Cc1c([nH]c3ccc(C#N)cc13)[C@@](C(=O)OC)(c1cc3c(cc1OC)N(C)[C@H]1[C@@](O)(C(=O)OC)[C@H](OC(C)=O)[C@]4(CC)C=CCN5CC[C@]31[C@@H]54)C2. The Bertz CT molecular complexity index is 2400. The molecule has 1 spiro atoms. The van der Waals surface area contributed by atoms with Crippen LogP contribution in [-0.4, -0.2) is 116 Å². The molecule has 0 radical (unpaired) electrons. The molecule has 59 heavy (non-hydrogen) atoms. The van der Waals surface area contributed by atoms with Gasteiger partial charge in [-0.1, -0.05) is 37.6 Å². The van der Waals surface area contributed by atoms with E-state index in [9.17, 15) is 20.0 Å². The Balaban J connectivity index is 1.38. The second kappa shape index (κ2) is 13.7. The van der Waals surface area contributed by atoms with E-state index in [0.29, 0.717) is 61.5 Å². The first kappa shape index (κ1) is 39.3. The van der Waals surface area contributed by atoms with Gasteiger partial charge in [-0.15, -0.1) is 0 Å². The van der Waals surface area contributed by atoms with Crippen LogP contribution in [0.1, 0.15) is 74.4 Å². The molecule has 9 atom stereocenters. The number of rotatable bonds is 7. The molecule has 6 heterocycles. The summed E-state index contributed by atoms with van der Waals surface area (Å²) >= 11 is 0. The molecule has 13 heteroatoms. The maximum Gasteiger partial charge on any atom is 0.344 e. The summed E-state index contributed by atoms with van der Waals surface area (Å²) in [6, 6.07) is 10.7. The number of nitrogens with zero attached hydrogens (tertiary/aromatic N) is 4. The quantitative estimate of drug-likeness (QED) is 0.194. The van der Waals surface area contributed by atoms with Crippen molar-refractivity contribution in [3.8, 4) is 11.8 Å². The molecule has 2 aromatic carbocycles. The number of fused-ring (bicyclic) bond motifs is 6. The first-order chi connectivity index (χ1) is 28.3. The minimum Gasteiger partial charge on any atom is -0.496 e. The third-order valence-corrected chi connectivity index (χ3v) is 15.0. The molecule has 310 valence electrons. The highest BCUT2D eigenvalue weighted by Gasteiger charge is 2.80. The van der Waals surface area contributed by atoms with Crippen molar-refractivity contribution in [3.05, 3.63) is 82.1 Å². The lowest BCUT2D eigenvalue weighted by molar-refractivity contribution is -0.228. The summed E-state index contributed by atoms with van der Waals surface area (Å²) < 4.78 is 23.9. The maximum atomic E-state index is 15.2. The smallest absolute Gasteiger partial charge is 0.344 e. The number of benzene rings is 2. The third-order valence-electron chi connectivity index (χ3n) is 15.0. The van der Waals surface area contributed by atoms with Gasteiger partial charge in [0.05, 0.1) is 39.0 Å². The number of aliphatic hydroxyl groups is 1. The van der Waals surface area contributed by atoms with Gasteiger partial charge < -0.3 is 33.9 Å². The van der Waals surface area contributed by atoms with Gasteiger partial charge in [0.1, 0.15) is 11.2 Å². The molecule has 1 aliphatic carbocycles. The van der Waals surface area contributed by atoms with Crippen molar-refractivity contribution in [2.75, 3.05) is 59.5 Å².